The molecule has 0 spiro atoms. The van der Waals surface area contributed by atoms with Gasteiger partial charge in [0.05, 0.1) is 29.6 Å². The van der Waals surface area contributed by atoms with Crippen molar-refractivity contribution < 1.29 is 19.8 Å². The first-order chi connectivity index (χ1) is 19.8. The third kappa shape index (κ3) is 5.17. The third-order valence-corrected chi connectivity index (χ3v) is 7.64. The van der Waals surface area contributed by atoms with Gasteiger partial charge in [0.25, 0.3) is 11.5 Å². The molecule has 41 heavy (non-hydrogen) atoms. The van der Waals surface area contributed by atoms with Gasteiger partial charge in [-0.1, -0.05) is 67.6 Å². The molecule has 3 aromatic carbocycles. The molecular weight excluding hydrogens is 520 g/mol. The standard InChI is InChI=1S/C32H32N4O5/c1-22(9-8-14-29(38)35(17-18-37)21-23-10-4-3-5-11-23)32(41)27-19-25(15-16-28(27)34(2)31(32)40)36-30(39)26-13-7-6-12-24(26)20-33-36/h3-13,15-16,19-20,22,37,41H,14,17-18,21H2,1-2H3/b9-8+/t22-,32+/m0/s1. The van der Waals surface area contributed by atoms with Crippen molar-refractivity contribution in [2.45, 2.75) is 25.5 Å². The van der Waals surface area contributed by atoms with Gasteiger partial charge in [-0.25, -0.2) is 0 Å². The van der Waals surface area contributed by atoms with Gasteiger partial charge in [0, 0.05) is 43.4 Å². The number of benzene rings is 3. The molecule has 9 heteroatoms. The van der Waals surface area contributed by atoms with Crippen LogP contribution in [0.5, 0.6) is 0 Å². The maximum Gasteiger partial charge on any atom is 0.279 e. The number of aromatic nitrogens is 2. The summed E-state index contributed by atoms with van der Waals surface area (Å²) in [5.41, 5.74) is 0.0522. The Kier molecular flexibility index (Phi) is 7.83. The fraction of sp³-hybridized carbons (Fsp3) is 0.250. The van der Waals surface area contributed by atoms with Gasteiger partial charge in [-0.3, -0.25) is 14.4 Å². The minimum Gasteiger partial charge on any atom is -0.395 e. The zero-order valence-corrected chi connectivity index (χ0v) is 23.0. The van der Waals surface area contributed by atoms with Crippen LogP contribution in [-0.2, 0) is 21.7 Å². The van der Waals surface area contributed by atoms with Crippen LogP contribution in [0.2, 0.25) is 0 Å². The van der Waals surface area contributed by atoms with Crippen molar-refractivity contribution in [2.24, 2.45) is 5.92 Å². The number of carbonyl (C=O) groups excluding carboxylic acids is 2. The van der Waals surface area contributed by atoms with Crippen molar-refractivity contribution in [3.8, 4) is 5.69 Å². The summed E-state index contributed by atoms with van der Waals surface area (Å²) < 4.78 is 1.26. The fourth-order valence-corrected chi connectivity index (χ4v) is 5.31. The van der Waals surface area contributed by atoms with Gasteiger partial charge in [-0.2, -0.15) is 9.78 Å². The van der Waals surface area contributed by atoms with Crippen LogP contribution in [0.25, 0.3) is 16.5 Å². The molecule has 5 rings (SSSR count). The highest BCUT2D eigenvalue weighted by Crippen LogP contribution is 2.45. The van der Waals surface area contributed by atoms with Crippen LogP contribution < -0.4 is 10.5 Å². The molecule has 0 bridgehead atoms. The highest BCUT2D eigenvalue weighted by Gasteiger charge is 2.51. The smallest absolute Gasteiger partial charge is 0.279 e. The molecule has 1 aliphatic heterocycles. The van der Waals surface area contributed by atoms with Crippen LogP contribution in [0.4, 0.5) is 5.69 Å². The fourth-order valence-electron chi connectivity index (χ4n) is 5.31. The first-order valence-corrected chi connectivity index (χ1v) is 13.5. The van der Waals surface area contributed by atoms with Crippen molar-refractivity contribution in [2.75, 3.05) is 25.1 Å². The average Bonchev–Trinajstić information content (AvgIpc) is 3.19. The molecule has 210 valence electrons. The molecular formula is C32H32N4O5. The van der Waals surface area contributed by atoms with E-state index in [0.717, 1.165) is 10.9 Å². The van der Waals surface area contributed by atoms with E-state index < -0.39 is 17.4 Å². The number of nitrogens with zero attached hydrogens (tertiary/aromatic N) is 4. The maximum atomic E-state index is 13.4. The monoisotopic (exact) mass is 552 g/mol. The Hall–Kier alpha value is -4.60. The van der Waals surface area contributed by atoms with E-state index in [1.807, 2.05) is 42.5 Å². The first kappa shape index (κ1) is 27.9. The molecule has 0 saturated heterocycles. The Morgan fingerprint density at radius 3 is 2.56 bits per heavy atom. The molecule has 0 unspecified atom stereocenters. The van der Waals surface area contributed by atoms with Crippen LogP contribution in [0.1, 0.15) is 24.5 Å². The number of hydrogen-bond donors (Lipinski definition) is 2. The van der Waals surface area contributed by atoms with Crippen molar-refractivity contribution in [3.63, 3.8) is 0 Å². The van der Waals surface area contributed by atoms with E-state index in [-0.39, 0.29) is 31.0 Å². The maximum absolute atomic E-state index is 13.4. The van der Waals surface area contributed by atoms with E-state index in [2.05, 4.69) is 5.10 Å². The summed E-state index contributed by atoms with van der Waals surface area (Å²) in [6, 6.07) is 21.7. The molecule has 4 aromatic rings. The normalized spacial score (nSPS) is 17.3. The molecule has 2 heterocycles. The van der Waals surface area contributed by atoms with Crippen LogP contribution in [0, 0.1) is 5.92 Å². The number of likely N-dealkylation sites (N-methyl/N-ethyl adjacent to an activating group) is 1. The molecule has 0 fully saturated rings. The van der Waals surface area contributed by atoms with E-state index in [1.165, 1.54) is 9.58 Å². The van der Waals surface area contributed by atoms with Gasteiger partial charge >= 0.3 is 0 Å². The Balaban J connectivity index is 1.40. The summed E-state index contributed by atoms with van der Waals surface area (Å²) in [7, 11) is 1.59. The second kappa shape index (κ2) is 11.5. The average molecular weight is 553 g/mol. The molecule has 2 amide bonds. The number of anilines is 1. The second-order valence-electron chi connectivity index (χ2n) is 10.2. The van der Waals surface area contributed by atoms with Gasteiger partial charge in [0.1, 0.15) is 0 Å². The largest absolute Gasteiger partial charge is 0.395 e. The van der Waals surface area contributed by atoms with Crippen LogP contribution >= 0.6 is 0 Å². The summed E-state index contributed by atoms with van der Waals surface area (Å²) in [6.07, 6.45) is 4.95. The van der Waals surface area contributed by atoms with Crippen LogP contribution in [0.15, 0.2) is 95.9 Å². The Morgan fingerprint density at radius 1 is 1.07 bits per heavy atom. The van der Waals surface area contributed by atoms with Gasteiger partial charge in [0.15, 0.2) is 5.60 Å². The lowest BCUT2D eigenvalue weighted by atomic mass is 9.82. The van der Waals surface area contributed by atoms with Gasteiger partial charge < -0.3 is 20.0 Å². The van der Waals surface area contributed by atoms with E-state index in [9.17, 15) is 24.6 Å². The van der Waals surface area contributed by atoms with E-state index >= 15 is 0 Å². The number of aliphatic hydroxyl groups is 2. The lowest BCUT2D eigenvalue weighted by molar-refractivity contribution is -0.139. The Bertz CT molecular complexity index is 1680. The lowest BCUT2D eigenvalue weighted by Gasteiger charge is -2.27. The third-order valence-electron chi connectivity index (χ3n) is 7.64. The zero-order valence-electron chi connectivity index (χ0n) is 23.0. The number of aliphatic hydroxyl groups excluding tert-OH is 1. The van der Waals surface area contributed by atoms with Gasteiger partial charge in [-0.15, -0.1) is 0 Å². The molecule has 0 saturated carbocycles. The molecule has 1 aromatic heterocycles. The predicted octanol–water partition coefficient (Wildman–Crippen LogP) is 3.15. The topological polar surface area (TPSA) is 116 Å². The van der Waals surface area contributed by atoms with Crippen molar-refractivity contribution >= 4 is 28.3 Å². The van der Waals surface area contributed by atoms with E-state index in [0.29, 0.717) is 28.9 Å². The molecule has 9 nitrogen and oxygen atoms in total. The van der Waals surface area contributed by atoms with Crippen molar-refractivity contribution in [1.82, 2.24) is 14.7 Å². The molecule has 0 radical (unpaired) electrons. The number of carbonyl (C=O) groups is 2. The van der Waals surface area contributed by atoms with Crippen molar-refractivity contribution in [3.05, 3.63) is 113 Å². The lowest BCUT2D eigenvalue weighted by Crippen LogP contribution is -2.43. The summed E-state index contributed by atoms with van der Waals surface area (Å²) in [4.78, 5) is 42.5. The van der Waals surface area contributed by atoms with E-state index in [4.69, 9.17) is 0 Å². The zero-order chi connectivity index (χ0) is 29.1. The van der Waals surface area contributed by atoms with Crippen molar-refractivity contribution in [1.29, 1.82) is 0 Å². The highest BCUT2D eigenvalue weighted by atomic mass is 16.3. The predicted molar refractivity (Wildman–Crippen MR) is 157 cm³/mol. The van der Waals surface area contributed by atoms with Crippen LogP contribution in [-0.4, -0.2) is 56.9 Å². The minimum atomic E-state index is -1.91. The number of amides is 2. The number of hydrogen-bond acceptors (Lipinski definition) is 6. The summed E-state index contributed by atoms with van der Waals surface area (Å²) in [5, 5.41) is 26.8. The quantitative estimate of drug-likeness (QED) is 0.308. The van der Waals surface area contributed by atoms with Gasteiger partial charge in [-0.05, 0) is 29.8 Å². The van der Waals surface area contributed by atoms with Gasteiger partial charge in [0.2, 0.25) is 5.91 Å². The minimum absolute atomic E-state index is 0.0422. The number of rotatable bonds is 9. The van der Waals surface area contributed by atoms with E-state index in [1.54, 1.807) is 67.6 Å². The Labute approximate surface area is 237 Å². The summed E-state index contributed by atoms with van der Waals surface area (Å²) in [6.45, 7) is 2.12. The molecule has 0 aliphatic carbocycles. The highest BCUT2D eigenvalue weighted by molar-refractivity contribution is 6.07. The second-order valence-corrected chi connectivity index (χ2v) is 10.2. The molecule has 1 aliphatic rings. The number of fused-ring (bicyclic) bond motifs is 2. The first-order valence-electron chi connectivity index (χ1n) is 13.5. The SMILES string of the molecule is C[C@@H](/C=C/CC(=O)N(CCO)Cc1ccccc1)[C@]1(O)C(=O)N(C)c2ccc(-n3ncc4ccccc4c3=O)cc21. The molecule has 2 atom stereocenters. The Morgan fingerprint density at radius 2 is 1.80 bits per heavy atom. The van der Waals surface area contributed by atoms with Crippen LogP contribution in [0.3, 0.4) is 0 Å². The summed E-state index contributed by atoms with van der Waals surface area (Å²) in [5.74, 6) is -1.38. The molecule has 2 N–H and O–H groups in total. The summed E-state index contributed by atoms with van der Waals surface area (Å²) >= 11 is 0.